The molecule has 0 saturated carbocycles. The van der Waals surface area contributed by atoms with Gasteiger partial charge in [0, 0.05) is 78.9 Å². The number of thiophene rings is 2. The Balaban J connectivity index is 0.777. The van der Waals surface area contributed by atoms with Crippen molar-refractivity contribution in [2.24, 2.45) is 0 Å². The third-order valence-corrected chi connectivity index (χ3v) is 18.3. The minimum Gasteiger partial charge on any atom is -0.454 e. The zero-order valence-corrected chi connectivity index (χ0v) is 45.3. The lowest BCUT2D eigenvalue weighted by molar-refractivity contribution is 0.628. The Morgan fingerprint density at radius 3 is 1.48 bits per heavy atom. The molecule has 6 aromatic heterocycles. The van der Waals surface area contributed by atoms with Crippen molar-refractivity contribution in [3.05, 3.63) is 255 Å². The number of nitrogens with zero attached hydrogens (tertiary/aromatic N) is 4. The number of aromatic nitrogens is 4. The van der Waals surface area contributed by atoms with Crippen molar-refractivity contribution in [3.8, 4) is 90.5 Å². The molecule has 0 unspecified atom stereocenters. The molecule has 6 heterocycles. The van der Waals surface area contributed by atoms with E-state index in [1.165, 1.54) is 57.7 Å². The summed E-state index contributed by atoms with van der Waals surface area (Å²) in [5, 5.41) is 11.5. The smallest absolute Gasteiger partial charge is 0.160 e. The molecule has 0 atom stereocenters. The average molecular weight is 1080 g/mol. The number of furan rings is 2. The van der Waals surface area contributed by atoms with Gasteiger partial charge in [0.25, 0.3) is 0 Å². The maximum absolute atomic E-state index is 6.50. The summed E-state index contributed by atoms with van der Waals surface area (Å²) in [5.74, 6) is 2.67. The van der Waals surface area contributed by atoms with Crippen LogP contribution in [0.25, 0.3) is 174 Å². The van der Waals surface area contributed by atoms with E-state index in [-0.39, 0.29) is 0 Å². The SMILES string of the molecule is c1ccc(-c2ccc3cc(-c4cc(-c5cc6ccccc6o5)nc(-c5ccc6c(c5)sc5c(-c7ccc(-c8cc(-c9cc%10ccccc%10o9)nc(-c9ccc%10c(c9)sc9ccccc9%10)n8)c8ccccc78)cccc56)n4)ccc3c2)cc1. The molecule has 17 rings (SSSR count). The highest BCUT2D eigenvalue weighted by molar-refractivity contribution is 7.26. The van der Waals surface area contributed by atoms with Gasteiger partial charge in [0.15, 0.2) is 23.2 Å². The first-order valence-electron chi connectivity index (χ1n) is 27.3. The summed E-state index contributed by atoms with van der Waals surface area (Å²) in [5.41, 5.74) is 13.3. The van der Waals surface area contributed by atoms with Crippen molar-refractivity contribution < 1.29 is 8.83 Å². The van der Waals surface area contributed by atoms with Gasteiger partial charge in [-0.1, -0.05) is 188 Å². The number of hydrogen-bond donors (Lipinski definition) is 0. The molecule has 0 aliphatic heterocycles. The van der Waals surface area contributed by atoms with E-state index in [1.807, 2.05) is 36.4 Å². The molecule has 82 heavy (non-hydrogen) atoms. The van der Waals surface area contributed by atoms with Crippen molar-refractivity contribution in [1.82, 2.24) is 19.9 Å². The Bertz CT molecular complexity index is 5370. The fourth-order valence-corrected chi connectivity index (χ4v) is 14.3. The third kappa shape index (κ3) is 7.83. The van der Waals surface area contributed by atoms with Crippen LogP contribution in [0.2, 0.25) is 0 Å². The average Bonchev–Trinajstić information content (AvgIpc) is 4.30. The summed E-state index contributed by atoms with van der Waals surface area (Å²) in [6.45, 7) is 0. The van der Waals surface area contributed by atoms with Crippen LogP contribution in [0.5, 0.6) is 0 Å². The van der Waals surface area contributed by atoms with Crippen LogP contribution >= 0.6 is 22.7 Å². The van der Waals surface area contributed by atoms with Gasteiger partial charge in [0.05, 0.1) is 11.4 Å². The Morgan fingerprint density at radius 1 is 0.256 bits per heavy atom. The highest BCUT2D eigenvalue weighted by atomic mass is 32.1. The second-order valence-electron chi connectivity index (χ2n) is 20.9. The summed E-state index contributed by atoms with van der Waals surface area (Å²) >= 11 is 3.60. The van der Waals surface area contributed by atoms with Crippen molar-refractivity contribution in [2.45, 2.75) is 0 Å². The molecule has 17 aromatic rings. The maximum atomic E-state index is 6.50. The lowest BCUT2D eigenvalue weighted by Crippen LogP contribution is -1.96. The van der Waals surface area contributed by atoms with Gasteiger partial charge in [0.2, 0.25) is 0 Å². The summed E-state index contributed by atoms with van der Waals surface area (Å²) in [4.78, 5) is 21.2. The largest absolute Gasteiger partial charge is 0.454 e. The highest BCUT2D eigenvalue weighted by Gasteiger charge is 2.21. The van der Waals surface area contributed by atoms with Crippen LogP contribution in [0.4, 0.5) is 0 Å². The van der Waals surface area contributed by atoms with Crippen LogP contribution in [0.3, 0.4) is 0 Å². The Hall–Kier alpha value is -10.4. The number of fused-ring (bicyclic) bond motifs is 10. The molecule has 0 aliphatic rings. The molecule has 0 saturated heterocycles. The molecule has 0 aliphatic carbocycles. The lowest BCUT2D eigenvalue weighted by Gasteiger charge is -2.14. The van der Waals surface area contributed by atoms with Crippen molar-refractivity contribution in [3.63, 3.8) is 0 Å². The standard InChI is InChI=1S/C74H42N4O2S2/c1-2-13-43(14-3-1)44-25-26-46-36-47(28-27-45(46)35-44)61-41-63(67-37-48-15-4-9-22-65(48)79-67)77-73(75-61)51-30-32-58-60-21-12-20-59(72(60)82-71(58)40-51)54-33-34-55(53-18-7-6-17-52(53)54)62-42-64(68-38-49-16-5-10-23-66(49)80-68)78-74(76-62)50-29-31-57-56-19-8-11-24-69(56)81-70(57)39-50/h1-42H. The summed E-state index contributed by atoms with van der Waals surface area (Å²) < 4.78 is 17.8. The van der Waals surface area contributed by atoms with E-state index in [0.717, 1.165) is 93.4 Å². The summed E-state index contributed by atoms with van der Waals surface area (Å²) in [7, 11) is 0. The van der Waals surface area contributed by atoms with Gasteiger partial charge in [-0.15, -0.1) is 22.7 Å². The van der Waals surface area contributed by atoms with Gasteiger partial charge in [0.1, 0.15) is 22.6 Å². The number of benzene rings is 11. The maximum Gasteiger partial charge on any atom is 0.160 e. The molecule has 0 radical (unpaired) electrons. The van der Waals surface area contributed by atoms with Crippen LogP contribution in [0, 0.1) is 0 Å². The van der Waals surface area contributed by atoms with E-state index >= 15 is 0 Å². The second-order valence-corrected chi connectivity index (χ2v) is 23.0. The lowest BCUT2D eigenvalue weighted by atomic mass is 9.93. The number of rotatable bonds is 8. The predicted molar refractivity (Wildman–Crippen MR) is 341 cm³/mol. The fraction of sp³-hybridized carbons (Fsp3) is 0. The van der Waals surface area contributed by atoms with Crippen molar-refractivity contribution in [1.29, 1.82) is 0 Å². The van der Waals surface area contributed by atoms with E-state index < -0.39 is 0 Å². The monoisotopic (exact) mass is 1080 g/mol. The third-order valence-electron chi connectivity index (χ3n) is 15.9. The molecular formula is C74H42N4O2S2. The molecule has 0 spiro atoms. The first-order valence-corrected chi connectivity index (χ1v) is 28.9. The molecule has 382 valence electrons. The minimum atomic E-state index is 0.630. The Labute approximate surface area is 477 Å². The van der Waals surface area contributed by atoms with E-state index in [4.69, 9.17) is 28.8 Å². The van der Waals surface area contributed by atoms with Crippen LogP contribution in [0.1, 0.15) is 0 Å². The normalized spacial score (nSPS) is 11.9. The van der Waals surface area contributed by atoms with Crippen molar-refractivity contribution in [2.75, 3.05) is 0 Å². The topological polar surface area (TPSA) is 77.8 Å². The van der Waals surface area contributed by atoms with E-state index in [2.05, 4.69) is 218 Å². The zero-order chi connectivity index (χ0) is 53.8. The quantitative estimate of drug-likeness (QED) is 0.151. The van der Waals surface area contributed by atoms with Crippen LogP contribution < -0.4 is 0 Å². The Morgan fingerprint density at radius 2 is 0.768 bits per heavy atom. The Kier molecular flexibility index (Phi) is 10.6. The van der Waals surface area contributed by atoms with Crippen molar-refractivity contribution >= 4 is 107 Å². The van der Waals surface area contributed by atoms with Gasteiger partial charge in [-0.2, -0.15) is 0 Å². The van der Waals surface area contributed by atoms with Crippen LogP contribution in [0.15, 0.2) is 264 Å². The van der Waals surface area contributed by atoms with Gasteiger partial charge in [-0.25, -0.2) is 19.9 Å². The van der Waals surface area contributed by atoms with E-state index in [9.17, 15) is 0 Å². The molecular weight excluding hydrogens is 1040 g/mol. The molecule has 0 bridgehead atoms. The first-order chi connectivity index (χ1) is 40.5. The molecule has 6 nitrogen and oxygen atoms in total. The summed E-state index contributed by atoms with van der Waals surface area (Å²) in [6, 6.07) is 89.9. The predicted octanol–water partition coefficient (Wildman–Crippen LogP) is 21.1. The molecule has 0 fully saturated rings. The van der Waals surface area contributed by atoms with Crippen LogP contribution in [-0.4, -0.2) is 19.9 Å². The fourth-order valence-electron chi connectivity index (χ4n) is 11.9. The molecule has 0 amide bonds. The molecule has 0 N–H and O–H groups in total. The highest BCUT2D eigenvalue weighted by Crippen LogP contribution is 2.46. The van der Waals surface area contributed by atoms with Gasteiger partial charge in [-0.05, 0) is 105 Å². The van der Waals surface area contributed by atoms with E-state index in [0.29, 0.717) is 23.2 Å². The van der Waals surface area contributed by atoms with Crippen LogP contribution in [-0.2, 0) is 0 Å². The van der Waals surface area contributed by atoms with E-state index in [1.54, 1.807) is 22.7 Å². The molecule has 8 heteroatoms. The van der Waals surface area contributed by atoms with Gasteiger partial charge >= 0.3 is 0 Å². The number of hydrogen-bond acceptors (Lipinski definition) is 8. The second kappa shape index (κ2) is 18.6. The van der Waals surface area contributed by atoms with Gasteiger partial charge in [-0.3, -0.25) is 0 Å². The molecule has 11 aromatic carbocycles. The first kappa shape index (κ1) is 46.5. The minimum absolute atomic E-state index is 0.630. The van der Waals surface area contributed by atoms with Gasteiger partial charge < -0.3 is 8.83 Å². The zero-order valence-electron chi connectivity index (χ0n) is 43.7. The number of para-hydroxylation sites is 2. The summed E-state index contributed by atoms with van der Waals surface area (Å²) in [6.07, 6.45) is 0.